The van der Waals surface area contributed by atoms with Crippen LogP contribution in [-0.2, 0) is 0 Å². The van der Waals surface area contributed by atoms with E-state index in [2.05, 4.69) is 158 Å². The van der Waals surface area contributed by atoms with Crippen LogP contribution in [0.4, 0.5) is 0 Å². The summed E-state index contributed by atoms with van der Waals surface area (Å²) >= 11 is 0. The van der Waals surface area contributed by atoms with Gasteiger partial charge in [0.1, 0.15) is 11.2 Å². The van der Waals surface area contributed by atoms with Crippen LogP contribution in [0.25, 0.3) is 101 Å². The summed E-state index contributed by atoms with van der Waals surface area (Å²) in [6, 6.07) is 69.2. The molecule has 0 unspecified atom stereocenters. The van der Waals surface area contributed by atoms with Gasteiger partial charge in [-0.15, -0.1) is 0 Å². The van der Waals surface area contributed by atoms with E-state index >= 15 is 0 Å². The van der Waals surface area contributed by atoms with Gasteiger partial charge in [-0.3, -0.25) is 0 Å². The van der Waals surface area contributed by atoms with Gasteiger partial charge >= 0.3 is 0 Å². The monoisotopic (exact) mass is 703 g/mol. The van der Waals surface area contributed by atoms with Crippen molar-refractivity contribution in [1.82, 2.24) is 15.0 Å². The predicted octanol–water partition coefficient (Wildman–Crippen LogP) is 13.4. The average Bonchev–Trinajstić information content (AvgIpc) is 3.67. The largest absolute Gasteiger partial charge is 0.455 e. The second-order valence-corrected chi connectivity index (χ2v) is 13.6. The summed E-state index contributed by atoms with van der Waals surface area (Å²) in [5.74, 6) is 1.77. The molecule has 4 heteroatoms. The molecule has 10 aromatic rings. The van der Waals surface area contributed by atoms with Crippen LogP contribution < -0.4 is 0 Å². The smallest absolute Gasteiger partial charge is 0.164 e. The molecule has 0 amide bonds. The van der Waals surface area contributed by atoms with E-state index in [1.165, 1.54) is 0 Å². The van der Waals surface area contributed by atoms with Crippen molar-refractivity contribution >= 4 is 21.9 Å². The Labute approximate surface area is 319 Å². The van der Waals surface area contributed by atoms with E-state index in [0.717, 1.165) is 83.1 Å². The van der Waals surface area contributed by atoms with E-state index in [1.807, 2.05) is 42.5 Å². The lowest BCUT2D eigenvalue weighted by atomic mass is 9.92. The molecule has 0 fully saturated rings. The lowest BCUT2D eigenvalue weighted by molar-refractivity contribution is 0.670. The molecular weight excluding hydrogens is 671 g/mol. The fourth-order valence-electron chi connectivity index (χ4n) is 7.47. The first-order chi connectivity index (χ1) is 27.3. The minimum absolute atomic E-state index is 0.580. The summed E-state index contributed by atoms with van der Waals surface area (Å²) in [5, 5.41) is 1.99. The Balaban J connectivity index is 1.20. The highest BCUT2D eigenvalue weighted by molar-refractivity contribution is 6.15. The summed E-state index contributed by atoms with van der Waals surface area (Å²) in [4.78, 5) is 15.7. The third kappa shape index (κ3) is 6.06. The summed E-state index contributed by atoms with van der Waals surface area (Å²) in [7, 11) is 0. The highest BCUT2D eigenvalue weighted by Crippen LogP contribution is 2.42. The molecule has 0 atom stereocenters. The molecule has 8 aromatic carbocycles. The molecule has 0 saturated carbocycles. The van der Waals surface area contributed by atoms with E-state index in [4.69, 9.17) is 19.4 Å². The van der Waals surface area contributed by atoms with E-state index in [0.29, 0.717) is 17.5 Å². The van der Waals surface area contributed by atoms with Crippen LogP contribution in [0.3, 0.4) is 0 Å². The number of furan rings is 1. The molecule has 0 bridgehead atoms. The van der Waals surface area contributed by atoms with Crippen LogP contribution in [0.15, 0.2) is 205 Å². The lowest BCUT2D eigenvalue weighted by Crippen LogP contribution is -2.01. The van der Waals surface area contributed by atoms with Crippen LogP contribution in [0.1, 0.15) is 0 Å². The number of aromatic nitrogens is 3. The summed E-state index contributed by atoms with van der Waals surface area (Å²) in [6.45, 7) is 0. The third-order valence-electron chi connectivity index (χ3n) is 10.2. The highest BCUT2D eigenvalue weighted by atomic mass is 16.3. The molecule has 0 aliphatic heterocycles. The number of hydrogen-bond acceptors (Lipinski definition) is 4. The van der Waals surface area contributed by atoms with Gasteiger partial charge in [0.05, 0.1) is 0 Å². The predicted molar refractivity (Wildman–Crippen MR) is 225 cm³/mol. The SMILES string of the molecule is c1ccc(-c2ccc(-c3nc(-c4ccc(-c5ccccc5)c(-c5ccccc5)c4)nc(-c4ccc(-c5ccccc5)c5oc6ccccc6c45)n3)cc2)cc1. The highest BCUT2D eigenvalue weighted by Gasteiger charge is 2.21. The van der Waals surface area contributed by atoms with Crippen molar-refractivity contribution in [3.05, 3.63) is 200 Å². The van der Waals surface area contributed by atoms with Crippen LogP contribution in [0.5, 0.6) is 0 Å². The maximum atomic E-state index is 6.63. The van der Waals surface area contributed by atoms with Crippen molar-refractivity contribution in [3.63, 3.8) is 0 Å². The van der Waals surface area contributed by atoms with E-state index in [1.54, 1.807) is 0 Å². The van der Waals surface area contributed by atoms with Gasteiger partial charge in [0, 0.05) is 33.0 Å². The zero-order valence-electron chi connectivity index (χ0n) is 29.8. The van der Waals surface area contributed by atoms with Crippen LogP contribution >= 0.6 is 0 Å². The van der Waals surface area contributed by atoms with Gasteiger partial charge < -0.3 is 4.42 Å². The number of fused-ring (bicyclic) bond motifs is 3. The zero-order chi connectivity index (χ0) is 36.6. The van der Waals surface area contributed by atoms with Gasteiger partial charge in [-0.1, -0.05) is 176 Å². The Kier molecular flexibility index (Phi) is 8.12. The Bertz CT molecular complexity index is 2940. The number of rotatable bonds is 7. The van der Waals surface area contributed by atoms with Crippen molar-refractivity contribution in [2.45, 2.75) is 0 Å². The first-order valence-corrected chi connectivity index (χ1v) is 18.4. The zero-order valence-corrected chi connectivity index (χ0v) is 29.8. The molecule has 10 rings (SSSR count). The lowest BCUT2D eigenvalue weighted by Gasteiger charge is -2.14. The molecular formula is C51H33N3O. The van der Waals surface area contributed by atoms with Gasteiger partial charge in [-0.05, 0) is 63.2 Å². The molecule has 55 heavy (non-hydrogen) atoms. The van der Waals surface area contributed by atoms with Crippen molar-refractivity contribution in [2.24, 2.45) is 0 Å². The Morgan fingerprint density at radius 1 is 0.291 bits per heavy atom. The van der Waals surface area contributed by atoms with E-state index in [9.17, 15) is 0 Å². The molecule has 0 aliphatic carbocycles. The van der Waals surface area contributed by atoms with Gasteiger partial charge in [0.15, 0.2) is 17.5 Å². The topological polar surface area (TPSA) is 51.8 Å². The van der Waals surface area contributed by atoms with Gasteiger partial charge in [0.2, 0.25) is 0 Å². The first-order valence-electron chi connectivity index (χ1n) is 18.4. The minimum Gasteiger partial charge on any atom is -0.455 e. The number of para-hydroxylation sites is 1. The molecule has 2 aromatic heterocycles. The molecule has 0 spiro atoms. The van der Waals surface area contributed by atoms with Crippen LogP contribution in [0.2, 0.25) is 0 Å². The Hall–Kier alpha value is -7.43. The van der Waals surface area contributed by atoms with Crippen molar-refractivity contribution < 1.29 is 4.42 Å². The quantitative estimate of drug-likeness (QED) is 0.166. The number of nitrogens with zero attached hydrogens (tertiary/aromatic N) is 3. The van der Waals surface area contributed by atoms with E-state index in [-0.39, 0.29) is 0 Å². The standard InChI is InChI=1S/C51H33N3O/c1-5-15-34(16-6-1)35-25-27-39(28-26-35)49-52-50(40-29-30-41(36-17-7-2-8-18-36)45(33-40)38-21-11-4-12-22-38)54-51(53-49)44-32-31-42(37-19-9-3-10-20-37)48-47(44)43-23-13-14-24-46(43)55-48/h1-33H. The second-order valence-electron chi connectivity index (χ2n) is 13.6. The van der Waals surface area contributed by atoms with Gasteiger partial charge in [-0.2, -0.15) is 0 Å². The molecule has 258 valence electrons. The van der Waals surface area contributed by atoms with Crippen molar-refractivity contribution in [3.8, 4) is 78.7 Å². The second kappa shape index (κ2) is 13.8. The number of benzene rings is 8. The summed E-state index contributed by atoms with van der Waals surface area (Å²) in [5.41, 5.74) is 13.2. The van der Waals surface area contributed by atoms with Crippen molar-refractivity contribution in [1.29, 1.82) is 0 Å². The Morgan fingerprint density at radius 3 is 1.38 bits per heavy atom. The molecule has 0 aliphatic rings. The van der Waals surface area contributed by atoms with E-state index < -0.39 is 0 Å². The maximum Gasteiger partial charge on any atom is 0.164 e. The minimum atomic E-state index is 0.580. The third-order valence-corrected chi connectivity index (χ3v) is 10.2. The fourth-order valence-corrected chi connectivity index (χ4v) is 7.47. The normalized spacial score (nSPS) is 11.3. The first kappa shape index (κ1) is 32.2. The average molecular weight is 704 g/mol. The molecule has 2 heterocycles. The molecule has 0 radical (unpaired) electrons. The molecule has 0 N–H and O–H groups in total. The maximum absolute atomic E-state index is 6.63. The summed E-state index contributed by atoms with van der Waals surface area (Å²) < 4.78 is 6.63. The van der Waals surface area contributed by atoms with Crippen LogP contribution in [-0.4, -0.2) is 15.0 Å². The molecule has 0 saturated heterocycles. The van der Waals surface area contributed by atoms with Crippen molar-refractivity contribution in [2.75, 3.05) is 0 Å². The fraction of sp³-hybridized carbons (Fsp3) is 0. The number of hydrogen-bond donors (Lipinski definition) is 0. The van der Waals surface area contributed by atoms with Gasteiger partial charge in [-0.25, -0.2) is 15.0 Å². The van der Waals surface area contributed by atoms with Gasteiger partial charge in [0.25, 0.3) is 0 Å². The van der Waals surface area contributed by atoms with Crippen LogP contribution in [0, 0.1) is 0 Å². The molecule has 4 nitrogen and oxygen atoms in total. The summed E-state index contributed by atoms with van der Waals surface area (Å²) in [6.07, 6.45) is 0. The Morgan fingerprint density at radius 2 is 0.727 bits per heavy atom.